The molecule has 18 heavy (non-hydrogen) atoms. The van der Waals surface area contributed by atoms with Gasteiger partial charge in [-0.2, -0.15) is 0 Å². The van der Waals surface area contributed by atoms with Gasteiger partial charge in [0.15, 0.2) is 0 Å². The highest BCUT2D eigenvalue weighted by Crippen LogP contribution is 2.35. The molecule has 98 valence electrons. The van der Waals surface area contributed by atoms with Gasteiger partial charge in [-0.05, 0) is 43.6 Å². The van der Waals surface area contributed by atoms with Crippen LogP contribution in [0.4, 0.5) is 0 Å². The molecule has 1 saturated carbocycles. The van der Waals surface area contributed by atoms with Gasteiger partial charge in [0, 0.05) is 25.2 Å². The van der Waals surface area contributed by atoms with E-state index in [0.717, 1.165) is 18.5 Å². The Bertz CT molecular complexity index is 368. The molecule has 2 N–H and O–H groups in total. The number of nitrogens with zero attached hydrogens (tertiary/aromatic N) is 1. The smallest absolute Gasteiger partial charge is 0.0180 e. The monoisotopic (exact) mass is 244 g/mol. The molecule has 0 spiro atoms. The summed E-state index contributed by atoms with van der Waals surface area (Å²) in [5.74, 6) is 0.790. The predicted octanol–water partition coefficient (Wildman–Crippen LogP) is 2.75. The summed E-state index contributed by atoms with van der Waals surface area (Å²) in [6.45, 7) is 2.35. The van der Waals surface area contributed by atoms with Gasteiger partial charge < -0.3 is 5.73 Å². The van der Waals surface area contributed by atoms with Gasteiger partial charge in [0.2, 0.25) is 0 Å². The van der Waals surface area contributed by atoms with Crippen molar-refractivity contribution in [3.63, 3.8) is 0 Å². The van der Waals surface area contributed by atoms with Crippen LogP contribution in [0.2, 0.25) is 0 Å². The molecule has 0 aromatic heterocycles. The van der Waals surface area contributed by atoms with Gasteiger partial charge in [-0.15, -0.1) is 0 Å². The fourth-order valence-electron chi connectivity index (χ4n) is 3.65. The van der Waals surface area contributed by atoms with Crippen LogP contribution in [0.25, 0.3) is 0 Å². The second-order valence-corrected chi connectivity index (χ2v) is 5.96. The van der Waals surface area contributed by atoms with Crippen LogP contribution in [0.5, 0.6) is 0 Å². The van der Waals surface area contributed by atoms with Gasteiger partial charge in [-0.1, -0.05) is 30.3 Å². The zero-order valence-electron chi connectivity index (χ0n) is 11.1. The largest absolute Gasteiger partial charge is 0.326 e. The van der Waals surface area contributed by atoms with Gasteiger partial charge in [-0.3, -0.25) is 4.90 Å². The summed E-state index contributed by atoms with van der Waals surface area (Å²) in [6.07, 6.45) is 6.60. The Hall–Kier alpha value is -0.860. The molecular weight excluding hydrogens is 220 g/mol. The van der Waals surface area contributed by atoms with Crippen molar-refractivity contribution in [3.05, 3.63) is 35.9 Å². The average molecular weight is 244 g/mol. The number of hydrogen-bond acceptors (Lipinski definition) is 2. The molecule has 3 rings (SSSR count). The standard InChI is InChI=1S/C16H24N2/c17-15-10-11-18(12-15)16-8-6-14(7-9-16)13-4-2-1-3-5-13/h1-5,14-16H,6-12,17H2/t14?,15-,16?/m1/s1. The maximum Gasteiger partial charge on any atom is 0.0180 e. The van der Waals surface area contributed by atoms with E-state index in [9.17, 15) is 0 Å². The highest BCUT2D eigenvalue weighted by atomic mass is 15.2. The van der Waals surface area contributed by atoms with Crippen LogP contribution in [0, 0.1) is 0 Å². The van der Waals surface area contributed by atoms with E-state index >= 15 is 0 Å². The van der Waals surface area contributed by atoms with Gasteiger partial charge in [-0.25, -0.2) is 0 Å². The summed E-state index contributed by atoms with van der Waals surface area (Å²) >= 11 is 0. The van der Waals surface area contributed by atoms with Crippen molar-refractivity contribution < 1.29 is 0 Å². The van der Waals surface area contributed by atoms with Crippen molar-refractivity contribution >= 4 is 0 Å². The minimum absolute atomic E-state index is 0.428. The van der Waals surface area contributed by atoms with E-state index in [2.05, 4.69) is 35.2 Å². The fourth-order valence-corrected chi connectivity index (χ4v) is 3.65. The van der Waals surface area contributed by atoms with E-state index in [4.69, 9.17) is 5.73 Å². The lowest BCUT2D eigenvalue weighted by molar-refractivity contribution is 0.180. The first kappa shape index (κ1) is 12.2. The summed E-state index contributed by atoms with van der Waals surface area (Å²) in [5, 5.41) is 0. The van der Waals surface area contributed by atoms with Crippen molar-refractivity contribution in [2.75, 3.05) is 13.1 Å². The topological polar surface area (TPSA) is 29.3 Å². The molecule has 1 aliphatic heterocycles. The Balaban J connectivity index is 1.55. The lowest BCUT2D eigenvalue weighted by Crippen LogP contribution is -2.37. The van der Waals surface area contributed by atoms with Crippen molar-refractivity contribution in [1.29, 1.82) is 0 Å². The van der Waals surface area contributed by atoms with E-state index in [1.165, 1.54) is 44.2 Å². The molecule has 1 aromatic carbocycles. The Morgan fingerprint density at radius 3 is 2.28 bits per heavy atom. The highest BCUT2D eigenvalue weighted by molar-refractivity contribution is 5.20. The quantitative estimate of drug-likeness (QED) is 0.866. The lowest BCUT2D eigenvalue weighted by Gasteiger charge is -2.34. The molecule has 0 unspecified atom stereocenters. The zero-order chi connectivity index (χ0) is 12.4. The Morgan fingerprint density at radius 2 is 1.67 bits per heavy atom. The fraction of sp³-hybridized carbons (Fsp3) is 0.625. The third kappa shape index (κ3) is 2.60. The number of benzene rings is 1. The molecule has 1 saturated heterocycles. The van der Waals surface area contributed by atoms with Crippen molar-refractivity contribution in [2.24, 2.45) is 5.73 Å². The molecule has 1 aromatic rings. The minimum atomic E-state index is 0.428. The molecule has 0 radical (unpaired) electrons. The normalized spacial score (nSPS) is 33.7. The predicted molar refractivity (Wildman–Crippen MR) is 75.6 cm³/mol. The number of hydrogen-bond donors (Lipinski definition) is 1. The summed E-state index contributed by atoms with van der Waals surface area (Å²) in [5.41, 5.74) is 7.54. The third-order valence-corrected chi connectivity index (χ3v) is 4.74. The maximum absolute atomic E-state index is 6.01. The van der Waals surface area contributed by atoms with Crippen LogP contribution in [0.1, 0.15) is 43.6 Å². The van der Waals surface area contributed by atoms with Gasteiger partial charge >= 0.3 is 0 Å². The third-order valence-electron chi connectivity index (χ3n) is 4.74. The van der Waals surface area contributed by atoms with Crippen molar-refractivity contribution in [2.45, 2.75) is 50.1 Å². The summed E-state index contributed by atoms with van der Waals surface area (Å²) in [4.78, 5) is 2.63. The van der Waals surface area contributed by atoms with E-state index in [1.54, 1.807) is 0 Å². The van der Waals surface area contributed by atoms with E-state index < -0.39 is 0 Å². The summed E-state index contributed by atoms with van der Waals surface area (Å²) in [6, 6.07) is 12.3. The Labute approximate surface area is 110 Å². The highest BCUT2D eigenvalue weighted by Gasteiger charge is 2.30. The van der Waals surface area contributed by atoms with Crippen LogP contribution in [0.15, 0.2) is 30.3 Å². The molecule has 0 bridgehead atoms. The first-order chi connectivity index (χ1) is 8.83. The Kier molecular flexibility index (Phi) is 3.67. The van der Waals surface area contributed by atoms with Gasteiger partial charge in [0.25, 0.3) is 0 Å². The van der Waals surface area contributed by atoms with Crippen LogP contribution >= 0.6 is 0 Å². The first-order valence-corrected chi connectivity index (χ1v) is 7.37. The molecule has 2 aliphatic rings. The van der Waals surface area contributed by atoms with E-state index in [1.807, 2.05) is 0 Å². The SMILES string of the molecule is N[C@@H]1CCN(C2CCC(c3ccccc3)CC2)C1. The number of nitrogens with two attached hydrogens (primary N) is 1. The molecule has 1 atom stereocenters. The lowest BCUT2D eigenvalue weighted by atomic mass is 9.81. The molecule has 2 nitrogen and oxygen atoms in total. The van der Waals surface area contributed by atoms with Gasteiger partial charge in [0.1, 0.15) is 0 Å². The molecule has 2 heteroatoms. The summed E-state index contributed by atoms with van der Waals surface area (Å²) < 4.78 is 0. The number of likely N-dealkylation sites (tertiary alicyclic amines) is 1. The van der Waals surface area contributed by atoms with Crippen molar-refractivity contribution in [3.8, 4) is 0 Å². The molecule has 0 amide bonds. The molecule has 1 aliphatic carbocycles. The van der Waals surface area contributed by atoms with Crippen LogP contribution < -0.4 is 5.73 Å². The van der Waals surface area contributed by atoms with Gasteiger partial charge in [0.05, 0.1) is 0 Å². The summed E-state index contributed by atoms with van der Waals surface area (Å²) in [7, 11) is 0. The second kappa shape index (κ2) is 5.41. The minimum Gasteiger partial charge on any atom is -0.326 e. The van der Waals surface area contributed by atoms with Crippen molar-refractivity contribution in [1.82, 2.24) is 4.90 Å². The van der Waals surface area contributed by atoms with E-state index in [-0.39, 0.29) is 0 Å². The average Bonchev–Trinajstić information content (AvgIpc) is 2.87. The van der Waals surface area contributed by atoms with Crippen LogP contribution in [0.3, 0.4) is 0 Å². The zero-order valence-corrected chi connectivity index (χ0v) is 11.1. The maximum atomic E-state index is 6.01. The van der Waals surface area contributed by atoms with Crippen LogP contribution in [-0.4, -0.2) is 30.1 Å². The Morgan fingerprint density at radius 1 is 0.944 bits per heavy atom. The first-order valence-electron chi connectivity index (χ1n) is 7.37. The second-order valence-electron chi connectivity index (χ2n) is 5.96. The molecular formula is C16H24N2. The molecule has 2 fully saturated rings. The van der Waals surface area contributed by atoms with E-state index in [0.29, 0.717) is 6.04 Å². The number of rotatable bonds is 2. The molecule has 1 heterocycles. The van der Waals surface area contributed by atoms with Crippen LogP contribution in [-0.2, 0) is 0 Å².